The van der Waals surface area contributed by atoms with E-state index in [1.54, 1.807) is 12.1 Å². The molecule has 1 atom stereocenters. The second kappa shape index (κ2) is 9.66. The minimum atomic E-state index is -0.507. The number of esters is 1. The fourth-order valence-corrected chi connectivity index (χ4v) is 1.39. The quantitative estimate of drug-likeness (QED) is 0.431. The van der Waals surface area contributed by atoms with Crippen LogP contribution in [0.15, 0.2) is 24.3 Å². The number of aromatic hydroxyl groups is 2. The lowest BCUT2D eigenvalue weighted by atomic mass is 10.0. The van der Waals surface area contributed by atoms with Crippen molar-refractivity contribution in [3.05, 3.63) is 24.3 Å². The molecule has 0 spiro atoms. The molecule has 6 nitrogen and oxygen atoms in total. The van der Waals surface area contributed by atoms with Crippen LogP contribution in [-0.2, 0) is 14.3 Å². The van der Waals surface area contributed by atoms with E-state index >= 15 is 0 Å². The minimum absolute atomic E-state index is 0.0764. The van der Waals surface area contributed by atoms with Crippen LogP contribution in [0.1, 0.15) is 20.3 Å². The van der Waals surface area contributed by atoms with Crippen molar-refractivity contribution in [3.8, 4) is 11.5 Å². The van der Waals surface area contributed by atoms with Gasteiger partial charge in [-0.1, -0.05) is 26.0 Å². The second-order valence-corrected chi connectivity index (χ2v) is 4.48. The maximum Gasteiger partial charge on any atom is 0.328 e. The summed E-state index contributed by atoms with van der Waals surface area (Å²) in [6, 6.07) is 5.64. The van der Waals surface area contributed by atoms with Crippen LogP contribution in [0.4, 0.5) is 0 Å². The fraction of sp³-hybridized carbons (Fsp3) is 0.429. The molecular weight excluding hydrogens is 262 g/mol. The van der Waals surface area contributed by atoms with Crippen molar-refractivity contribution < 1.29 is 24.5 Å². The van der Waals surface area contributed by atoms with E-state index in [9.17, 15) is 9.59 Å². The number of rotatable bonds is 5. The average Bonchev–Trinajstić information content (AvgIpc) is 2.41. The lowest BCUT2D eigenvalue weighted by molar-refractivity contribution is -0.144. The molecule has 0 aliphatic rings. The summed E-state index contributed by atoms with van der Waals surface area (Å²) < 4.78 is 4.51. The highest BCUT2D eigenvalue weighted by atomic mass is 16.5. The number of carbonyl (C=O) groups is 2. The molecule has 0 saturated carbocycles. The van der Waals surface area contributed by atoms with Crippen LogP contribution in [-0.4, -0.2) is 35.7 Å². The first-order chi connectivity index (χ1) is 9.42. The van der Waals surface area contributed by atoms with Gasteiger partial charge in [0.2, 0.25) is 6.41 Å². The van der Waals surface area contributed by atoms with Gasteiger partial charge in [-0.15, -0.1) is 0 Å². The number of hydrogen-bond acceptors (Lipinski definition) is 5. The number of methoxy groups -OCH3 is 1. The highest BCUT2D eigenvalue weighted by Gasteiger charge is 2.18. The number of ether oxygens (including phenoxy) is 1. The zero-order valence-corrected chi connectivity index (χ0v) is 11.9. The van der Waals surface area contributed by atoms with E-state index in [2.05, 4.69) is 10.1 Å². The first-order valence-corrected chi connectivity index (χ1v) is 6.16. The molecule has 6 heteroatoms. The maximum atomic E-state index is 11.0. The van der Waals surface area contributed by atoms with Crippen LogP contribution in [0, 0.1) is 5.92 Å². The van der Waals surface area contributed by atoms with E-state index in [1.165, 1.54) is 19.2 Å². The van der Waals surface area contributed by atoms with Gasteiger partial charge in [0.15, 0.2) is 11.5 Å². The molecule has 0 saturated heterocycles. The molecule has 0 aliphatic heterocycles. The number of hydrogen-bond donors (Lipinski definition) is 3. The summed E-state index contributed by atoms with van der Waals surface area (Å²) in [5.41, 5.74) is 0. The maximum absolute atomic E-state index is 11.0. The van der Waals surface area contributed by atoms with Crippen molar-refractivity contribution in [2.75, 3.05) is 7.11 Å². The monoisotopic (exact) mass is 283 g/mol. The van der Waals surface area contributed by atoms with E-state index in [4.69, 9.17) is 10.2 Å². The molecule has 1 aromatic rings. The van der Waals surface area contributed by atoms with Crippen molar-refractivity contribution in [2.24, 2.45) is 5.92 Å². The Bertz CT molecular complexity index is 399. The Labute approximate surface area is 118 Å². The van der Waals surface area contributed by atoms with E-state index in [0.29, 0.717) is 18.7 Å². The zero-order chi connectivity index (χ0) is 15.5. The van der Waals surface area contributed by atoms with Crippen molar-refractivity contribution in [1.29, 1.82) is 0 Å². The van der Waals surface area contributed by atoms with Gasteiger partial charge in [0.1, 0.15) is 6.04 Å². The van der Waals surface area contributed by atoms with E-state index < -0.39 is 12.0 Å². The Balaban J connectivity index is 0.000000388. The molecule has 1 unspecified atom stereocenters. The lowest BCUT2D eigenvalue weighted by Gasteiger charge is -2.14. The highest BCUT2D eigenvalue weighted by molar-refractivity contribution is 5.77. The van der Waals surface area contributed by atoms with Gasteiger partial charge in [0.05, 0.1) is 7.11 Å². The topological polar surface area (TPSA) is 95.9 Å². The molecule has 0 heterocycles. The van der Waals surface area contributed by atoms with Gasteiger partial charge in [0, 0.05) is 0 Å². The molecule has 0 aliphatic carbocycles. The number of para-hydroxylation sites is 2. The van der Waals surface area contributed by atoms with E-state index in [1.807, 2.05) is 13.8 Å². The Kier molecular flexibility index (Phi) is 8.58. The summed E-state index contributed by atoms with van der Waals surface area (Å²) >= 11 is 0. The zero-order valence-electron chi connectivity index (χ0n) is 11.9. The van der Waals surface area contributed by atoms with Gasteiger partial charge in [-0.25, -0.2) is 4.79 Å². The number of carbonyl (C=O) groups excluding carboxylic acids is 2. The van der Waals surface area contributed by atoms with Crippen LogP contribution in [0.25, 0.3) is 0 Å². The molecule has 0 radical (unpaired) electrons. The van der Waals surface area contributed by atoms with Gasteiger partial charge < -0.3 is 20.3 Å². The lowest BCUT2D eigenvalue weighted by Crippen LogP contribution is -2.37. The summed E-state index contributed by atoms with van der Waals surface area (Å²) in [6.45, 7) is 3.95. The third-order valence-corrected chi connectivity index (χ3v) is 2.34. The van der Waals surface area contributed by atoms with Gasteiger partial charge >= 0.3 is 5.97 Å². The van der Waals surface area contributed by atoms with Crippen molar-refractivity contribution >= 4 is 12.4 Å². The Hall–Kier alpha value is -2.24. The predicted octanol–water partition coefficient (Wildman–Crippen LogP) is 1.42. The number of amides is 1. The molecule has 112 valence electrons. The number of phenols is 2. The first-order valence-electron chi connectivity index (χ1n) is 6.16. The summed E-state index contributed by atoms with van der Waals surface area (Å²) in [5, 5.41) is 19.7. The van der Waals surface area contributed by atoms with Crippen molar-refractivity contribution in [3.63, 3.8) is 0 Å². The standard InChI is InChI=1S/C8H15NO3.C6H6O2/c1-6(2)4-7(9-5-10)8(11)12-3;7-5-3-1-2-4-6(5)8/h5-7H,4H2,1-3H3,(H,9,10);1-4,7-8H. The van der Waals surface area contributed by atoms with E-state index in [0.717, 1.165) is 0 Å². The molecule has 3 N–H and O–H groups in total. The van der Waals surface area contributed by atoms with Crippen LogP contribution in [0.2, 0.25) is 0 Å². The van der Waals surface area contributed by atoms with Gasteiger partial charge in [-0.3, -0.25) is 4.79 Å². The molecule has 0 bridgehead atoms. The molecule has 1 amide bonds. The smallest absolute Gasteiger partial charge is 0.328 e. The summed E-state index contributed by atoms with van der Waals surface area (Å²) in [7, 11) is 1.31. The normalized spacial score (nSPS) is 11.0. The predicted molar refractivity (Wildman–Crippen MR) is 74.2 cm³/mol. The van der Waals surface area contributed by atoms with Crippen molar-refractivity contribution in [1.82, 2.24) is 5.32 Å². The number of benzene rings is 1. The first kappa shape index (κ1) is 17.8. The summed E-state index contributed by atoms with van der Waals surface area (Å²) in [4.78, 5) is 21.1. The Morgan fingerprint density at radius 3 is 2.10 bits per heavy atom. The fourth-order valence-electron chi connectivity index (χ4n) is 1.39. The third-order valence-electron chi connectivity index (χ3n) is 2.34. The van der Waals surface area contributed by atoms with E-state index in [-0.39, 0.29) is 11.5 Å². The van der Waals surface area contributed by atoms with Gasteiger partial charge in [-0.2, -0.15) is 0 Å². The minimum Gasteiger partial charge on any atom is -0.504 e. The summed E-state index contributed by atoms with van der Waals surface area (Å²) in [6.07, 6.45) is 1.12. The SMILES string of the molecule is COC(=O)C(CC(C)C)NC=O.Oc1ccccc1O. The Morgan fingerprint density at radius 2 is 1.80 bits per heavy atom. The molecule has 20 heavy (non-hydrogen) atoms. The largest absolute Gasteiger partial charge is 0.504 e. The average molecular weight is 283 g/mol. The van der Waals surface area contributed by atoms with Crippen LogP contribution in [0.3, 0.4) is 0 Å². The molecule has 0 fully saturated rings. The van der Waals surface area contributed by atoms with Gasteiger partial charge in [-0.05, 0) is 24.5 Å². The Morgan fingerprint density at radius 1 is 1.30 bits per heavy atom. The molecule has 0 aromatic heterocycles. The van der Waals surface area contributed by atoms with Crippen LogP contribution in [0.5, 0.6) is 11.5 Å². The number of phenolic OH excluding ortho intramolecular Hbond substituents is 2. The van der Waals surface area contributed by atoms with Crippen LogP contribution < -0.4 is 5.32 Å². The number of nitrogens with one attached hydrogen (secondary N) is 1. The molecule has 1 aromatic carbocycles. The van der Waals surface area contributed by atoms with Gasteiger partial charge in [0.25, 0.3) is 0 Å². The molecule has 1 rings (SSSR count). The van der Waals surface area contributed by atoms with Crippen molar-refractivity contribution in [2.45, 2.75) is 26.3 Å². The summed E-state index contributed by atoms with van der Waals surface area (Å²) in [5.74, 6) is -0.197. The molecular formula is C14H21NO5. The third kappa shape index (κ3) is 7.25. The van der Waals surface area contributed by atoms with Crippen LogP contribution >= 0.6 is 0 Å². The highest BCUT2D eigenvalue weighted by Crippen LogP contribution is 2.21. The second-order valence-electron chi connectivity index (χ2n) is 4.48.